The van der Waals surface area contributed by atoms with Crippen molar-refractivity contribution in [3.8, 4) is 0 Å². The summed E-state index contributed by atoms with van der Waals surface area (Å²) in [6.45, 7) is 0. The van der Waals surface area contributed by atoms with E-state index in [2.05, 4.69) is 4.74 Å². The maximum absolute atomic E-state index is 12.8. The molecule has 2 bridgehead atoms. The Hall–Kier alpha value is -1.18. The van der Waals surface area contributed by atoms with Gasteiger partial charge in [0.15, 0.2) is 0 Å². The average molecular weight is 313 g/mol. The number of rotatable bonds is 3. The lowest BCUT2D eigenvalue weighted by molar-refractivity contribution is 0.0602. The van der Waals surface area contributed by atoms with Crippen LogP contribution in [0, 0.1) is 0 Å². The number of sulfonamides is 1. The number of fused-ring (bicyclic) bond motifs is 2. The highest BCUT2D eigenvalue weighted by Gasteiger charge is 2.43. The minimum absolute atomic E-state index is 0.0143. The smallest absolute Gasteiger partial charge is 0.349 e. The van der Waals surface area contributed by atoms with Crippen molar-refractivity contribution in [1.29, 1.82) is 0 Å². The summed E-state index contributed by atoms with van der Waals surface area (Å²) < 4.78 is 31.9. The van der Waals surface area contributed by atoms with Crippen LogP contribution in [-0.2, 0) is 14.8 Å². The third-order valence-electron chi connectivity index (χ3n) is 3.80. The van der Waals surface area contributed by atoms with Crippen molar-refractivity contribution in [2.24, 2.45) is 0 Å². The van der Waals surface area contributed by atoms with Crippen LogP contribution in [0.25, 0.3) is 0 Å². The van der Waals surface area contributed by atoms with E-state index in [1.807, 2.05) is 12.2 Å². The molecule has 5 nitrogen and oxygen atoms in total. The summed E-state index contributed by atoms with van der Waals surface area (Å²) in [6, 6.07) is 1.42. The molecule has 0 aliphatic carbocycles. The number of ether oxygens (including phenoxy) is 1. The fourth-order valence-electron chi connectivity index (χ4n) is 2.91. The van der Waals surface area contributed by atoms with Gasteiger partial charge in [-0.3, -0.25) is 0 Å². The number of nitrogens with zero attached hydrogens (tertiary/aromatic N) is 1. The number of hydrogen-bond acceptors (Lipinski definition) is 5. The highest BCUT2D eigenvalue weighted by atomic mass is 32.2. The van der Waals surface area contributed by atoms with E-state index < -0.39 is 16.0 Å². The SMILES string of the molecule is COC(=O)c1sccc1S(=O)(=O)N1C2C=CCC1CC2. The van der Waals surface area contributed by atoms with Gasteiger partial charge in [-0.25, -0.2) is 13.2 Å². The van der Waals surface area contributed by atoms with Crippen molar-refractivity contribution in [1.82, 2.24) is 4.31 Å². The summed E-state index contributed by atoms with van der Waals surface area (Å²) in [7, 11) is -2.39. The van der Waals surface area contributed by atoms with E-state index in [-0.39, 0.29) is 21.9 Å². The summed E-state index contributed by atoms with van der Waals surface area (Å²) >= 11 is 1.10. The van der Waals surface area contributed by atoms with Crippen molar-refractivity contribution in [2.45, 2.75) is 36.2 Å². The van der Waals surface area contributed by atoms with Crippen molar-refractivity contribution in [2.75, 3.05) is 7.11 Å². The number of carbonyl (C=O) groups excluding carboxylic acids is 1. The van der Waals surface area contributed by atoms with Gasteiger partial charge in [-0.2, -0.15) is 4.31 Å². The van der Waals surface area contributed by atoms with Crippen molar-refractivity contribution >= 4 is 27.3 Å². The van der Waals surface area contributed by atoms with Gasteiger partial charge in [0.25, 0.3) is 0 Å². The molecule has 2 unspecified atom stereocenters. The Bertz CT molecular complexity index is 662. The highest BCUT2D eigenvalue weighted by Crippen LogP contribution is 2.38. The number of esters is 1. The molecule has 2 aliphatic heterocycles. The van der Waals surface area contributed by atoms with E-state index in [0.29, 0.717) is 0 Å². The van der Waals surface area contributed by atoms with Gasteiger partial charge >= 0.3 is 5.97 Å². The first-order chi connectivity index (χ1) is 9.55. The zero-order chi connectivity index (χ0) is 14.3. The fourth-order valence-corrected chi connectivity index (χ4v) is 6.07. The Balaban J connectivity index is 2.03. The molecule has 2 atom stereocenters. The minimum atomic E-state index is -3.65. The molecule has 7 heteroatoms. The van der Waals surface area contributed by atoms with Gasteiger partial charge in [0.2, 0.25) is 10.0 Å². The lowest BCUT2D eigenvalue weighted by Gasteiger charge is -2.30. The van der Waals surface area contributed by atoms with Gasteiger partial charge in [-0.1, -0.05) is 12.2 Å². The summed E-state index contributed by atoms with van der Waals surface area (Å²) in [4.78, 5) is 11.9. The molecule has 0 radical (unpaired) electrons. The maximum Gasteiger partial charge on any atom is 0.349 e. The van der Waals surface area contributed by atoms with Crippen LogP contribution in [0.3, 0.4) is 0 Å². The van der Waals surface area contributed by atoms with E-state index in [1.54, 1.807) is 9.69 Å². The number of hydrogen-bond donors (Lipinski definition) is 0. The van der Waals surface area contributed by atoms with Crippen LogP contribution in [0.4, 0.5) is 0 Å². The molecular weight excluding hydrogens is 298 g/mol. The summed E-state index contributed by atoms with van der Waals surface area (Å²) in [5.74, 6) is -0.599. The van der Waals surface area contributed by atoms with Gasteiger partial charge in [-0.05, 0) is 30.7 Å². The lowest BCUT2D eigenvalue weighted by atomic mass is 10.2. The molecular formula is C13H15NO4S2. The third kappa shape index (κ3) is 2.01. The van der Waals surface area contributed by atoms with Crippen molar-refractivity contribution < 1.29 is 17.9 Å². The normalized spacial score (nSPS) is 25.9. The van der Waals surface area contributed by atoms with Crippen LogP contribution in [0.1, 0.15) is 28.9 Å². The second kappa shape index (κ2) is 4.98. The fraction of sp³-hybridized carbons (Fsp3) is 0.462. The Kier molecular flexibility index (Phi) is 3.43. The zero-order valence-electron chi connectivity index (χ0n) is 11.0. The van der Waals surface area contributed by atoms with Gasteiger partial charge in [0.1, 0.15) is 9.77 Å². The first-order valence-electron chi connectivity index (χ1n) is 6.41. The van der Waals surface area contributed by atoms with Crippen LogP contribution in [0.2, 0.25) is 0 Å². The Labute approximate surface area is 121 Å². The number of methoxy groups -OCH3 is 1. The molecule has 1 aromatic rings. The topological polar surface area (TPSA) is 63.7 Å². The van der Waals surface area contributed by atoms with E-state index in [4.69, 9.17) is 0 Å². The zero-order valence-corrected chi connectivity index (χ0v) is 12.6. The molecule has 2 aliphatic rings. The molecule has 0 spiro atoms. The molecule has 3 heterocycles. The number of carbonyl (C=O) groups is 1. The first-order valence-corrected chi connectivity index (χ1v) is 8.73. The molecule has 0 amide bonds. The van der Waals surface area contributed by atoms with Gasteiger partial charge < -0.3 is 4.74 Å². The average Bonchev–Trinajstić information content (AvgIpc) is 3.02. The molecule has 1 aromatic heterocycles. The maximum atomic E-state index is 12.8. The van der Waals surface area contributed by atoms with Gasteiger partial charge in [-0.15, -0.1) is 11.3 Å². The first kappa shape index (κ1) is 13.8. The Morgan fingerprint density at radius 3 is 2.95 bits per heavy atom. The molecule has 3 rings (SSSR count). The van der Waals surface area contributed by atoms with Gasteiger partial charge in [0, 0.05) is 12.1 Å². The summed E-state index contributed by atoms with van der Waals surface area (Å²) in [5.41, 5.74) is 0. The largest absolute Gasteiger partial charge is 0.465 e. The molecule has 0 saturated carbocycles. The lowest BCUT2D eigenvalue weighted by Crippen LogP contribution is -2.42. The third-order valence-corrected chi connectivity index (χ3v) is 6.85. The Morgan fingerprint density at radius 2 is 2.25 bits per heavy atom. The molecule has 1 fully saturated rings. The van der Waals surface area contributed by atoms with E-state index in [0.717, 1.165) is 30.6 Å². The minimum Gasteiger partial charge on any atom is -0.465 e. The monoisotopic (exact) mass is 313 g/mol. The molecule has 108 valence electrons. The van der Waals surface area contributed by atoms with E-state index >= 15 is 0 Å². The second-order valence-electron chi connectivity index (χ2n) is 4.90. The quantitative estimate of drug-likeness (QED) is 0.632. The molecule has 0 aromatic carbocycles. The van der Waals surface area contributed by atoms with Crippen LogP contribution in [0.15, 0.2) is 28.5 Å². The standard InChI is InChI=1S/C13H15NO4S2/c1-18-13(15)12-11(7-8-19-12)20(16,17)14-9-3-2-4-10(14)6-5-9/h2-3,7-10H,4-6H2,1H3. The molecule has 20 heavy (non-hydrogen) atoms. The van der Waals surface area contributed by atoms with Crippen LogP contribution < -0.4 is 0 Å². The van der Waals surface area contributed by atoms with Crippen LogP contribution in [-0.4, -0.2) is 37.9 Å². The van der Waals surface area contributed by atoms with Crippen LogP contribution >= 0.6 is 11.3 Å². The van der Waals surface area contributed by atoms with E-state index in [1.165, 1.54) is 13.2 Å². The number of thiophene rings is 1. The summed E-state index contributed by atoms with van der Waals surface area (Å²) in [6.07, 6.45) is 6.45. The van der Waals surface area contributed by atoms with Gasteiger partial charge in [0.05, 0.1) is 7.11 Å². The predicted octanol–water partition coefficient (Wildman–Crippen LogP) is 2.02. The predicted molar refractivity (Wildman–Crippen MR) is 75.3 cm³/mol. The van der Waals surface area contributed by atoms with Crippen molar-refractivity contribution in [3.63, 3.8) is 0 Å². The van der Waals surface area contributed by atoms with E-state index in [9.17, 15) is 13.2 Å². The molecule has 1 saturated heterocycles. The van der Waals surface area contributed by atoms with Crippen LogP contribution in [0.5, 0.6) is 0 Å². The second-order valence-corrected chi connectivity index (χ2v) is 7.63. The van der Waals surface area contributed by atoms with Crippen molar-refractivity contribution in [3.05, 3.63) is 28.5 Å². The Morgan fingerprint density at radius 1 is 1.45 bits per heavy atom. The highest BCUT2D eigenvalue weighted by molar-refractivity contribution is 7.89. The summed E-state index contributed by atoms with van der Waals surface area (Å²) in [5, 5.41) is 1.61. The molecule has 0 N–H and O–H groups in total.